The van der Waals surface area contributed by atoms with Crippen LogP contribution in [0.4, 0.5) is 0 Å². The third-order valence-corrected chi connectivity index (χ3v) is 5.18. The zero-order valence-electron chi connectivity index (χ0n) is 13.8. The molecule has 0 aromatic carbocycles. The number of guanidine groups is 1. The van der Waals surface area contributed by atoms with Gasteiger partial charge in [-0.25, -0.2) is 0 Å². The van der Waals surface area contributed by atoms with Gasteiger partial charge in [-0.3, -0.25) is 4.99 Å². The maximum absolute atomic E-state index is 4.30. The number of aliphatic imine (C=N–C) groups is 1. The van der Waals surface area contributed by atoms with Crippen LogP contribution in [0.5, 0.6) is 0 Å². The predicted molar refractivity (Wildman–Crippen MR) is 104 cm³/mol. The van der Waals surface area contributed by atoms with E-state index in [1.807, 2.05) is 25.6 Å². The summed E-state index contributed by atoms with van der Waals surface area (Å²) in [5, 5.41) is 15.9. The highest BCUT2D eigenvalue weighted by atomic mass is 127. The SMILES string of the molecule is CCSC1CCC(NC(=NC)NCc2nnc(C)n2C)C1.I. The summed E-state index contributed by atoms with van der Waals surface area (Å²) in [6, 6.07) is 0.529. The largest absolute Gasteiger partial charge is 0.354 e. The quantitative estimate of drug-likeness (QED) is 0.419. The molecule has 0 radical (unpaired) electrons. The first kappa shape index (κ1) is 19.5. The van der Waals surface area contributed by atoms with E-state index in [2.05, 4.69) is 44.5 Å². The Morgan fingerprint density at radius 3 is 2.77 bits per heavy atom. The number of hydrogen-bond acceptors (Lipinski definition) is 4. The summed E-state index contributed by atoms with van der Waals surface area (Å²) in [6.07, 6.45) is 3.75. The lowest BCUT2D eigenvalue weighted by atomic mass is 10.2. The number of aryl methyl sites for hydroxylation is 1. The second-order valence-corrected chi connectivity index (χ2v) is 6.96. The van der Waals surface area contributed by atoms with Crippen molar-refractivity contribution in [1.29, 1.82) is 0 Å². The van der Waals surface area contributed by atoms with E-state index in [1.54, 1.807) is 0 Å². The lowest BCUT2D eigenvalue weighted by Gasteiger charge is -2.17. The summed E-state index contributed by atoms with van der Waals surface area (Å²) in [4.78, 5) is 4.30. The minimum absolute atomic E-state index is 0. The molecule has 0 saturated heterocycles. The van der Waals surface area contributed by atoms with E-state index < -0.39 is 0 Å². The van der Waals surface area contributed by atoms with Gasteiger partial charge in [0.1, 0.15) is 5.82 Å². The summed E-state index contributed by atoms with van der Waals surface area (Å²) < 4.78 is 1.99. The van der Waals surface area contributed by atoms with Gasteiger partial charge in [-0.2, -0.15) is 11.8 Å². The molecule has 1 saturated carbocycles. The Bertz CT molecular complexity index is 490. The molecule has 0 bridgehead atoms. The summed E-state index contributed by atoms with van der Waals surface area (Å²) in [7, 11) is 3.79. The van der Waals surface area contributed by atoms with Crippen LogP contribution in [0.2, 0.25) is 0 Å². The highest BCUT2D eigenvalue weighted by molar-refractivity contribution is 14.0. The molecular formula is C14H27IN6S. The van der Waals surface area contributed by atoms with E-state index in [0.29, 0.717) is 12.6 Å². The molecular weight excluding hydrogens is 411 g/mol. The van der Waals surface area contributed by atoms with E-state index in [4.69, 9.17) is 0 Å². The normalized spacial score (nSPS) is 21.5. The van der Waals surface area contributed by atoms with Gasteiger partial charge in [-0.15, -0.1) is 34.2 Å². The van der Waals surface area contributed by atoms with Gasteiger partial charge in [0, 0.05) is 25.4 Å². The van der Waals surface area contributed by atoms with Crippen molar-refractivity contribution in [2.45, 2.75) is 50.9 Å². The van der Waals surface area contributed by atoms with Gasteiger partial charge < -0.3 is 15.2 Å². The lowest BCUT2D eigenvalue weighted by molar-refractivity contribution is 0.609. The third-order valence-electron chi connectivity index (χ3n) is 3.95. The van der Waals surface area contributed by atoms with Gasteiger partial charge in [0.05, 0.1) is 6.54 Å². The van der Waals surface area contributed by atoms with Gasteiger partial charge >= 0.3 is 0 Å². The van der Waals surface area contributed by atoms with Gasteiger partial charge in [-0.05, 0) is 31.9 Å². The molecule has 0 amide bonds. The minimum Gasteiger partial charge on any atom is -0.354 e. The van der Waals surface area contributed by atoms with Crippen LogP contribution in [0.3, 0.4) is 0 Å². The fourth-order valence-corrected chi connectivity index (χ4v) is 3.76. The highest BCUT2D eigenvalue weighted by Crippen LogP contribution is 2.29. The second kappa shape index (κ2) is 9.59. The summed E-state index contributed by atoms with van der Waals surface area (Å²) in [5.41, 5.74) is 0. The summed E-state index contributed by atoms with van der Waals surface area (Å²) in [5.74, 6) is 3.89. The van der Waals surface area contributed by atoms with Crippen molar-refractivity contribution in [3.63, 3.8) is 0 Å². The summed E-state index contributed by atoms with van der Waals surface area (Å²) in [6.45, 7) is 4.82. The number of nitrogens with one attached hydrogen (secondary N) is 2. The molecule has 1 fully saturated rings. The number of nitrogens with zero attached hydrogens (tertiary/aromatic N) is 4. The maximum atomic E-state index is 4.30. The summed E-state index contributed by atoms with van der Waals surface area (Å²) >= 11 is 2.07. The lowest BCUT2D eigenvalue weighted by Crippen LogP contribution is -2.42. The first-order valence-electron chi connectivity index (χ1n) is 7.57. The Hall–Kier alpha value is -0.510. The molecule has 6 nitrogen and oxygen atoms in total. The molecule has 22 heavy (non-hydrogen) atoms. The van der Waals surface area contributed by atoms with Crippen molar-refractivity contribution in [3.8, 4) is 0 Å². The Morgan fingerprint density at radius 2 is 2.18 bits per heavy atom. The van der Waals surface area contributed by atoms with Crippen LogP contribution in [0, 0.1) is 6.92 Å². The van der Waals surface area contributed by atoms with Crippen LogP contribution in [0.25, 0.3) is 0 Å². The third kappa shape index (κ3) is 5.29. The topological polar surface area (TPSA) is 67.1 Å². The Balaban J connectivity index is 0.00000242. The first-order valence-corrected chi connectivity index (χ1v) is 8.62. The zero-order valence-corrected chi connectivity index (χ0v) is 16.9. The average Bonchev–Trinajstić information content (AvgIpc) is 3.04. The second-order valence-electron chi connectivity index (χ2n) is 5.38. The van der Waals surface area contributed by atoms with Crippen molar-refractivity contribution >= 4 is 41.7 Å². The molecule has 2 atom stereocenters. The number of hydrogen-bond donors (Lipinski definition) is 2. The fourth-order valence-electron chi connectivity index (χ4n) is 2.61. The molecule has 1 heterocycles. The van der Waals surface area contributed by atoms with Crippen molar-refractivity contribution in [2.75, 3.05) is 12.8 Å². The molecule has 1 aliphatic carbocycles. The van der Waals surface area contributed by atoms with Crippen molar-refractivity contribution in [1.82, 2.24) is 25.4 Å². The van der Waals surface area contributed by atoms with Crippen LogP contribution in [-0.4, -0.2) is 44.8 Å². The van der Waals surface area contributed by atoms with Gasteiger partial charge in [-0.1, -0.05) is 6.92 Å². The number of halogens is 1. The zero-order chi connectivity index (χ0) is 15.2. The number of thioether (sulfide) groups is 1. The Kier molecular flexibility index (Phi) is 8.52. The van der Waals surface area contributed by atoms with E-state index in [-0.39, 0.29) is 24.0 Å². The molecule has 8 heteroatoms. The van der Waals surface area contributed by atoms with Crippen molar-refractivity contribution < 1.29 is 0 Å². The van der Waals surface area contributed by atoms with E-state index in [0.717, 1.165) is 22.9 Å². The molecule has 126 valence electrons. The van der Waals surface area contributed by atoms with E-state index >= 15 is 0 Å². The molecule has 2 unspecified atom stereocenters. The highest BCUT2D eigenvalue weighted by Gasteiger charge is 2.25. The maximum Gasteiger partial charge on any atom is 0.191 e. The van der Waals surface area contributed by atoms with E-state index in [1.165, 1.54) is 25.0 Å². The molecule has 1 aliphatic rings. The van der Waals surface area contributed by atoms with Gasteiger partial charge in [0.2, 0.25) is 0 Å². The average molecular weight is 438 g/mol. The molecule has 2 rings (SSSR count). The Morgan fingerprint density at radius 1 is 1.41 bits per heavy atom. The molecule has 1 aromatic heterocycles. The van der Waals surface area contributed by atoms with Gasteiger partial charge in [0.25, 0.3) is 0 Å². The van der Waals surface area contributed by atoms with Crippen LogP contribution < -0.4 is 10.6 Å². The fraction of sp³-hybridized carbons (Fsp3) is 0.786. The number of aromatic nitrogens is 3. The van der Waals surface area contributed by atoms with Crippen molar-refractivity contribution in [3.05, 3.63) is 11.6 Å². The minimum atomic E-state index is 0. The van der Waals surface area contributed by atoms with Crippen LogP contribution in [0.1, 0.15) is 37.8 Å². The monoisotopic (exact) mass is 438 g/mol. The van der Waals surface area contributed by atoms with Crippen LogP contribution in [-0.2, 0) is 13.6 Å². The van der Waals surface area contributed by atoms with Crippen molar-refractivity contribution in [2.24, 2.45) is 12.0 Å². The van der Waals surface area contributed by atoms with Crippen LogP contribution >= 0.6 is 35.7 Å². The van der Waals surface area contributed by atoms with Gasteiger partial charge in [0.15, 0.2) is 11.8 Å². The van der Waals surface area contributed by atoms with E-state index in [9.17, 15) is 0 Å². The number of rotatable bonds is 5. The molecule has 1 aromatic rings. The molecule has 0 spiro atoms. The molecule has 2 N–H and O–H groups in total. The predicted octanol–water partition coefficient (Wildman–Crippen LogP) is 2.08. The first-order chi connectivity index (χ1) is 10.1. The smallest absolute Gasteiger partial charge is 0.191 e. The molecule has 0 aliphatic heterocycles. The standard InChI is InChI=1S/C14H26N6S.HI/c1-5-21-12-7-6-11(8-12)17-14(15-3)16-9-13-19-18-10(2)20(13)4;/h11-12H,5-9H2,1-4H3,(H2,15,16,17);1H. The van der Waals surface area contributed by atoms with Crippen LogP contribution in [0.15, 0.2) is 4.99 Å². The Labute approximate surface area is 154 Å².